The molecule has 1 aromatic carbocycles. The maximum absolute atomic E-state index is 13.0. The average molecular weight is 323 g/mol. The Labute approximate surface area is 108 Å². The predicted octanol–water partition coefficient (Wildman–Crippen LogP) is 2.55. The number of alkyl halides is 1. The maximum Gasteiger partial charge on any atom is 0.194 e. The number of carbonyl (C=O) groups excluding carboxylic acids is 1. The van der Waals surface area contributed by atoms with Gasteiger partial charge in [0.25, 0.3) is 0 Å². The van der Waals surface area contributed by atoms with Crippen molar-refractivity contribution in [3.8, 4) is 0 Å². The van der Waals surface area contributed by atoms with Crippen LogP contribution in [0.15, 0.2) is 24.3 Å². The molecule has 1 aromatic rings. The molecule has 0 aliphatic heterocycles. The molecule has 0 fully saturated rings. The Balaban J connectivity index is 3.29. The number of benzene rings is 1. The fourth-order valence-corrected chi connectivity index (χ4v) is 2.64. The van der Waals surface area contributed by atoms with E-state index in [1.807, 2.05) is 0 Å². The minimum Gasteiger partial charge on any atom is -0.291 e. The lowest BCUT2D eigenvalue weighted by molar-refractivity contribution is 0.0976. The van der Waals surface area contributed by atoms with Gasteiger partial charge in [-0.1, -0.05) is 35.0 Å². The molecule has 0 heterocycles. The second-order valence-corrected chi connectivity index (χ2v) is 7.81. The summed E-state index contributed by atoms with van der Waals surface area (Å²) in [6, 6.07) is 4.98. The second kappa shape index (κ2) is 4.86. The highest BCUT2D eigenvalue weighted by Crippen LogP contribution is 2.32. The van der Waals surface area contributed by atoms with Crippen LogP contribution in [0, 0.1) is 5.82 Å². The molecule has 0 amide bonds. The maximum atomic E-state index is 13.0. The number of ketones is 1. The molecule has 0 saturated heterocycles. The molecular formula is C11H12BrFO3S. The standard InChI is InChI=1S/C11H12BrFO3S/c1-3-11(12,17(2,15)16)10(14)8-5-4-6-9(13)7-8/h4-7H,3H2,1-2H3/t11-/m0/s1. The average Bonchev–Trinajstić information content (AvgIpc) is 2.25. The Bertz CT molecular complexity index is 541. The third kappa shape index (κ3) is 2.74. The lowest BCUT2D eigenvalue weighted by atomic mass is 10.1. The fourth-order valence-electron chi connectivity index (χ4n) is 1.44. The lowest BCUT2D eigenvalue weighted by Gasteiger charge is -2.22. The molecule has 0 radical (unpaired) electrons. The molecule has 0 unspecified atom stereocenters. The van der Waals surface area contributed by atoms with Gasteiger partial charge < -0.3 is 0 Å². The highest BCUT2D eigenvalue weighted by molar-refractivity contribution is 9.12. The van der Waals surface area contributed by atoms with Gasteiger partial charge in [0.15, 0.2) is 19.3 Å². The SMILES string of the molecule is CC[C@@](Br)(C(=O)c1cccc(F)c1)S(C)(=O)=O. The van der Waals surface area contributed by atoms with Crippen LogP contribution < -0.4 is 0 Å². The number of halogens is 2. The molecular weight excluding hydrogens is 311 g/mol. The molecule has 0 aliphatic carbocycles. The molecule has 17 heavy (non-hydrogen) atoms. The van der Waals surface area contributed by atoms with Gasteiger partial charge in [-0.2, -0.15) is 0 Å². The van der Waals surface area contributed by atoms with Crippen molar-refractivity contribution in [3.05, 3.63) is 35.6 Å². The zero-order valence-corrected chi connectivity index (χ0v) is 11.8. The van der Waals surface area contributed by atoms with Gasteiger partial charge in [-0.3, -0.25) is 4.79 Å². The van der Waals surface area contributed by atoms with Crippen molar-refractivity contribution in [2.75, 3.05) is 6.26 Å². The Morgan fingerprint density at radius 3 is 2.47 bits per heavy atom. The van der Waals surface area contributed by atoms with Crippen molar-refractivity contribution in [2.24, 2.45) is 0 Å². The fraction of sp³-hybridized carbons (Fsp3) is 0.364. The summed E-state index contributed by atoms with van der Waals surface area (Å²) in [5.41, 5.74) is 0.0363. The third-order valence-corrected chi connectivity index (χ3v) is 6.80. The monoisotopic (exact) mass is 322 g/mol. The first-order valence-corrected chi connectivity index (χ1v) is 7.59. The molecule has 0 bridgehead atoms. The van der Waals surface area contributed by atoms with Gasteiger partial charge in [-0.25, -0.2) is 12.8 Å². The zero-order valence-electron chi connectivity index (χ0n) is 9.41. The number of sulfone groups is 1. The van der Waals surface area contributed by atoms with Crippen LogP contribution in [0.2, 0.25) is 0 Å². The molecule has 6 heteroatoms. The quantitative estimate of drug-likeness (QED) is 0.632. The number of rotatable bonds is 4. The van der Waals surface area contributed by atoms with E-state index in [1.54, 1.807) is 6.92 Å². The van der Waals surface area contributed by atoms with Gasteiger partial charge in [-0.05, 0) is 18.6 Å². The minimum atomic E-state index is -3.63. The van der Waals surface area contributed by atoms with Crippen molar-refractivity contribution in [1.82, 2.24) is 0 Å². The van der Waals surface area contributed by atoms with E-state index in [2.05, 4.69) is 15.9 Å². The van der Waals surface area contributed by atoms with Crippen LogP contribution in [0.3, 0.4) is 0 Å². The van der Waals surface area contributed by atoms with Crippen molar-refractivity contribution >= 4 is 31.6 Å². The topological polar surface area (TPSA) is 51.2 Å². The van der Waals surface area contributed by atoms with Gasteiger partial charge in [0.1, 0.15) is 5.82 Å². The lowest BCUT2D eigenvalue weighted by Crippen LogP contribution is -2.39. The first kappa shape index (κ1) is 14.3. The van der Waals surface area contributed by atoms with Crippen LogP contribution in [-0.4, -0.2) is 24.1 Å². The molecule has 1 atom stereocenters. The van der Waals surface area contributed by atoms with E-state index in [-0.39, 0.29) is 12.0 Å². The van der Waals surface area contributed by atoms with E-state index >= 15 is 0 Å². The minimum absolute atomic E-state index is 0.0363. The molecule has 1 rings (SSSR count). The van der Waals surface area contributed by atoms with Gasteiger partial charge in [0.05, 0.1) is 0 Å². The largest absolute Gasteiger partial charge is 0.291 e. The summed E-state index contributed by atoms with van der Waals surface area (Å²) in [6.45, 7) is 1.58. The van der Waals surface area contributed by atoms with Gasteiger partial charge in [-0.15, -0.1) is 0 Å². The molecule has 0 spiro atoms. The van der Waals surface area contributed by atoms with E-state index in [4.69, 9.17) is 0 Å². The highest BCUT2D eigenvalue weighted by atomic mass is 79.9. The van der Waals surface area contributed by atoms with Crippen LogP contribution in [0.5, 0.6) is 0 Å². The van der Waals surface area contributed by atoms with E-state index in [0.29, 0.717) is 0 Å². The summed E-state index contributed by atoms with van der Waals surface area (Å²) in [5.74, 6) is -1.22. The number of carbonyl (C=O) groups is 1. The highest BCUT2D eigenvalue weighted by Gasteiger charge is 2.44. The van der Waals surface area contributed by atoms with Gasteiger partial charge in [0.2, 0.25) is 0 Å². The molecule has 0 saturated carbocycles. The molecule has 94 valence electrons. The summed E-state index contributed by atoms with van der Waals surface area (Å²) in [5, 5.41) is 0. The normalized spacial score (nSPS) is 15.3. The molecule has 0 aliphatic rings. The van der Waals surface area contributed by atoms with E-state index in [1.165, 1.54) is 18.2 Å². The summed E-state index contributed by atoms with van der Waals surface area (Å²) >= 11 is 2.97. The molecule has 3 nitrogen and oxygen atoms in total. The van der Waals surface area contributed by atoms with Crippen molar-refractivity contribution in [2.45, 2.75) is 17.0 Å². The summed E-state index contributed by atoms with van der Waals surface area (Å²) in [6.07, 6.45) is 1.05. The van der Waals surface area contributed by atoms with Gasteiger partial charge in [0, 0.05) is 11.8 Å². The van der Waals surface area contributed by atoms with Crippen LogP contribution in [0.25, 0.3) is 0 Å². The first-order valence-electron chi connectivity index (χ1n) is 4.91. The first-order chi connectivity index (χ1) is 7.72. The number of hydrogen-bond acceptors (Lipinski definition) is 3. The predicted molar refractivity (Wildman–Crippen MR) is 67.5 cm³/mol. The molecule has 0 N–H and O–H groups in total. The number of hydrogen-bond donors (Lipinski definition) is 0. The Morgan fingerprint density at radius 1 is 1.47 bits per heavy atom. The van der Waals surface area contributed by atoms with Crippen molar-refractivity contribution in [1.29, 1.82) is 0 Å². The Kier molecular flexibility index (Phi) is 4.09. The van der Waals surface area contributed by atoms with Crippen LogP contribution in [0.1, 0.15) is 23.7 Å². The van der Waals surface area contributed by atoms with Crippen molar-refractivity contribution in [3.63, 3.8) is 0 Å². The summed E-state index contributed by atoms with van der Waals surface area (Å²) < 4.78 is 34.6. The number of Topliss-reactive ketones (excluding diaryl/α,β-unsaturated/α-hetero) is 1. The van der Waals surface area contributed by atoms with Crippen LogP contribution in [-0.2, 0) is 9.84 Å². The van der Waals surface area contributed by atoms with Crippen LogP contribution in [0.4, 0.5) is 4.39 Å². The van der Waals surface area contributed by atoms with E-state index in [9.17, 15) is 17.6 Å². The summed E-state index contributed by atoms with van der Waals surface area (Å²) in [7, 11) is -3.63. The zero-order chi connectivity index (χ0) is 13.3. The Hall–Kier alpha value is -0.750. The van der Waals surface area contributed by atoms with Crippen molar-refractivity contribution < 1.29 is 17.6 Å². The third-order valence-electron chi connectivity index (χ3n) is 2.47. The van der Waals surface area contributed by atoms with E-state index in [0.717, 1.165) is 12.3 Å². The Morgan fingerprint density at radius 2 is 2.06 bits per heavy atom. The molecule has 0 aromatic heterocycles. The van der Waals surface area contributed by atoms with Gasteiger partial charge >= 0.3 is 0 Å². The second-order valence-electron chi connectivity index (χ2n) is 3.69. The summed E-state index contributed by atoms with van der Waals surface area (Å²) in [4.78, 5) is 12.1. The smallest absolute Gasteiger partial charge is 0.194 e. The van der Waals surface area contributed by atoms with E-state index < -0.39 is 25.1 Å². The van der Waals surface area contributed by atoms with Crippen LogP contribution >= 0.6 is 15.9 Å².